The molecule has 0 saturated carbocycles. The summed E-state index contributed by atoms with van der Waals surface area (Å²) >= 11 is 0. The molecule has 0 spiro atoms. The van der Waals surface area contributed by atoms with Gasteiger partial charge in [-0.15, -0.1) is 0 Å². The first-order chi connectivity index (χ1) is 13.4. The second-order valence-electron chi connectivity index (χ2n) is 6.97. The molecule has 0 aliphatic carbocycles. The fraction of sp³-hybridized carbons (Fsp3) is 0.318. The predicted octanol–water partition coefficient (Wildman–Crippen LogP) is 3.42. The summed E-state index contributed by atoms with van der Waals surface area (Å²) in [5.41, 5.74) is 4.26. The van der Waals surface area contributed by atoms with E-state index in [9.17, 15) is 14.4 Å². The number of para-hydroxylation sites is 2. The Balaban J connectivity index is 1.71. The highest BCUT2D eigenvalue weighted by molar-refractivity contribution is 6.10. The molecule has 1 heterocycles. The standard InChI is InChI=1S/C22H25N3O3/c1-4-24(19-13-15(2)9-10-16(19)3)21(27)11-12-22(28)25-14-20(26)23-17-7-5-6-8-18(17)25/h5-10,13H,4,11-12,14H2,1-3H3,(H,23,26). The summed E-state index contributed by atoms with van der Waals surface area (Å²) in [5.74, 6) is -0.559. The van der Waals surface area contributed by atoms with E-state index in [0.29, 0.717) is 17.9 Å². The fourth-order valence-electron chi connectivity index (χ4n) is 3.43. The van der Waals surface area contributed by atoms with Gasteiger partial charge in [-0.1, -0.05) is 24.3 Å². The van der Waals surface area contributed by atoms with E-state index < -0.39 is 0 Å². The normalized spacial score (nSPS) is 13.0. The molecular formula is C22H25N3O3. The van der Waals surface area contributed by atoms with E-state index >= 15 is 0 Å². The van der Waals surface area contributed by atoms with E-state index in [1.807, 2.05) is 45.0 Å². The first-order valence-corrected chi connectivity index (χ1v) is 9.47. The zero-order valence-corrected chi connectivity index (χ0v) is 16.5. The van der Waals surface area contributed by atoms with Gasteiger partial charge in [0.2, 0.25) is 17.7 Å². The number of amides is 3. The molecule has 1 aliphatic rings. The zero-order valence-electron chi connectivity index (χ0n) is 16.5. The topological polar surface area (TPSA) is 69.7 Å². The van der Waals surface area contributed by atoms with Crippen LogP contribution < -0.4 is 15.1 Å². The van der Waals surface area contributed by atoms with Crippen molar-refractivity contribution in [2.75, 3.05) is 28.2 Å². The number of nitrogens with zero attached hydrogens (tertiary/aromatic N) is 2. The van der Waals surface area contributed by atoms with Gasteiger partial charge < -0.3 is 15.1 Å². The minimum Gasteiger partial charge on any atom is -0.323 e. The third-order valence-electron chi connectivity index (χ3n) is 4.90. The minimum absolute atomic E-state index is 0.0292. The number of rotatable bonds is 5. The summed E-state index contributed by atoms with van der Waals surface area (Å²) in [4.78, 5) is 40.6. The zero-order chi connectivity index (χ0) is 20.3. The number of aryl methyl sites for hydroxylation is 2. The van der Waals surface area contributed by atoms with Gasteiger partial charge in [0.05, 0.1) is 11.4 Å². The van der Waals surface area contributed by atoms with Gasteiger partial charge in [0, 0.05) is 25.1 Å². The Hall–Kier alpha value is -3.15. The van der Waals surface area contributed by atoms with Crippen LogP contribution in [-0.4, -0.2) is 30.8 Å². The minimum atomic E-state index is -0.232. The van der Waals surface area contributed by atoms with E-state index in [1.54, 1.807) is 23.1 Å². The molecular weight excluding hydrogens is 354 g/mol. The van der Waals surface area contributed by atoms with Gasteiger partial charge in [0.1, 0.15) is 6.54 Å². The molecule has 0 atom stereocenters. The van der Waals surface area contributed by atoms with Gasteiger partial charge in [0.25, 0.3) is 0 Å². The molecule has 146 valence electrons. The Morgan fingerprint density at radius 2 is 1.86 bits per heavy atom. The van der Waals surface area contributed by atoms with Crippen molar-refractivity contribution in [1.82, 2.24) is 0 Å². The lowest BCUT2D eigenvalue weighted by Gasteiger charge is -2.29. The maximum Gasteiger partial charge on any atom is 0.244 e. The Bertz CT molecular complexity index is 923. The van der Waals surface area contributed by atoms with Gasteiger partial charge in [-0.3, -0.25) is 14.4 Å². The van der Waals surface area contributed by atoms with Crippen LogP contribution in [0.15, 0.2) is 42.5 Å². The van der Waals surface area contributed by atoms with Crippen molar-refractivity contribution in [2.45, 2.75) is 33.6 Å². The van der Waals surface area contributed by atoms with Gasteiger partial charge in [-0.2, -0.15) is 0 Å². The Morgan fingerprint density at radius 1 is 1.11 bits per heavy atom. The molecule has 0 fully saturated rings. The fourth-order valence-corrected chi connectivity index (χ4v) is 3.43. The maximum atomic E-state index is 12.8. The van der Waals surface area contributed by atoms with Crippen molar-refractivity contribution >= 4 is 34.8 Å². The number of nitrogens with one attached hydrogen (secondary N) is 1. The second-order valence-corrected chi connectivity index (χ2v) is 6.97. The monoisotopic (exact) mass is 379 g/mol. The highest BCUT2D eigenvalue weighted by atomic mass is 16.2. The van der Waals surface area contributed by atoms with Crippen LogP contribution in [0.2, 0.25) is 0 Å². The average Bonchev–Trinajstić information content (AvgIpc) is 2.68. The van der Waals surface area contributed by atoms with Crippen LogP contribution in [0.3, 0.4) is 0 Å². The van der Waals surface area contributed by atoms with Crippen molar-refractivity contribution in [3.63, 3.8) is 0 Å². The molecule has 6 nitrogen and oxygen atoms in total. The molecule has 0 saturated heterocycles. The summed E-state index contributed by atoms with van der Waals surface area (Å²) in [5, 5.41) is 2.76. The molecule has 2 aromatic carbocycles. The highest BCUT2D eigenvalue weighted by Crippen LogP contribution is 2.29. The largest absolute Gasteiger partial charge is 0.323 e. The van der Waals surface area contributed by atoms with Crippen molar-refractivity contribution in [3.8, 4) is 0 Å². The summed E-state index contributed by atoms with van der Waals surface area (Å²) in [6, 6.07) is 13.2. The Morgan fingerprint density at radius 3 is 2.61 bits per heavy atom. The lowest BCUT2D eigenvalue weighted by atomic mass is 10.1. The number of fused-ring (bicyclic) bond motifs is 1. The second kappa shape index (κ2) is 8.25. The number of hydrogen-bond donors (Lipinski definition) is 1. The molecule has 6 heteroatoms. The maximum absolute atomic E-state index is 12.8. The first kappa shape index (κ1) is 19.6. The molecule has 3 rings (SSSR count). The first-order valence-electron chi connectivity index (χ1n) is 9.47. The van der Waals surface area contributed by atoms with E-state index in [-0.39, 0.29) is 37.1 Å². The summed E-state index contributed by atoms with van der Waals surface area (Å²) in [6.45, 7) is 6.39. The molecule has 3 amide bonds. The Labute approximate surface area is 165 Å². The van der Waals surface area contributed by atoms with E-state index in [1.165, 1.54) is 4.90 Å². The molecule has 0 bridgehead atoms. The van der Waals surface area contributed by atoms with E-state index in [4.69, 9.17) is 0 Å². The number of carbonyl (C=O) groups is 3. The van der Waals surface area contributed by atoms with Gasteiger partial charge in [-0.25, -0.2) is 0 Å². The quantitative estimate of drug-likeness (QED) is 0.865. The summed E-state index contributed by atoms with van der Waals surface area (Å²) in [6.07, 6.45) is 0.155. The van der Waals surface area contributed by atoms with Crippen LogP contribution in [0.1, 0.15) is 30.9 Å². The van der Waals surface area contributed by atoms with Crippen LogP contribution in [0.5, 0.6) is 0 Å². The smallest absolute Gasteiger partial charge is 0.244 e. The number of benzene rings is 2. The van der Waals surface area contributed by atoms with Gasteiger partial charge in [-0.05, 0) is 50.1 Å². The third kappa shape index (κ3) is 4.06. The van der Waals surface area contributed by atoms with Crippen molar-refractivity contribution in [1.29, 1.82) is 0 Å². The predicted molar refractivity (Wildman–Crippen MR) is 111 cm³/mol. The average molecular weight is 379 g/mol. The van der Waals surface area contributed by atoms with Crippen LogP contribution in [0.4, 0.5) is 17.1 Å². The van der Waals surface area contributed by atoms with Crippen molar-refractivity contribution in [2.24, 2.45) is 0 Å². The van der Waals surface area contributed by atoms with Gasteiger partial charge in [0.15, 0.2) is 0 Å². The molecule has 0 unspecified atom stereocenters. The molecule has 1 aliphatic heterocycles. The Kier molecular flexibility index (Phi) is 5.78. The lowest BCUT2D eigenvalue weighted by Crippen LogP contribution is -2.42. The summed E-state index contributed by atoms with van der Waals surface area (Å²) in [7, 11) is 0. The number of hydrogen-bond acceptors (Lipinski definition) is 3. The van der Waals surface area contributed by atoms with Crippen LogP contribution >= 0.6 is 0 Å². The van der Waals surface area contributed by atoms with Crippen LogP contribution in [0.25, 0.3) is 0 Å². The molecule has 1 N–H and O–H groups in total. The lowest BCUT2D eigenvalue weighted by molar-refractivity contribution is -0.124. The van der Waals surface area contributed by atoms with E-state index in [2.05, 4.69) is 5.32 Å². The SMILES string of the molecule is CCN(C(=O)CCC(=O)N1CC(=O)Nc2ccccc21)c1cc(C)ccc1C. The van der Waals surface area contributed by atoms with Crippen molar-refractivity contribution in [3.05, 3.63) is 53.6 Å². The molecule has 0 radical (unpaired) electrons. The van der Waals surface area contributed by atoms with Crippen LogP contribution in [-0.2, 0) is 14.4 Å². The number of carbonyl (C=O) groups excluding carboxylic acids is 3. The molecule has 0 aromatic heterocycles. The summed E-state index contributed by atoms with van der Waals surface area (Å²) < 4.78 is 0. The third-order valence-corrected chi connectivity index (χ3v) is 4.90. The molecule has 2 aromatic rings. The molecule has 28 heavy (non-hydrogen) atoms. The van der Waals surface area contributed by atoms with Gasteiger partial charge >= 0.3 is 0 Å². The number of anilines is 3. The van der Waals surface area contributed by atoms with E-state index in [0.717, 1.165) is 16.8 Å². The van der Waals surface area contributed by atoms with Crippen molar-refractivity contribution < 1.29 is 14.4 Å². The van der Waals surface area contributed by atoms with Crippen LogP contribution in [0, 0.1) is 13.8 Å². The highest BCUT2D eigenvalue weighted by Gasteiger charge is 2.27.